The molecule has 0 aliphatic heterocycles. The molecule has 0 saturated heterocycles. The van der Waals surface area contributed by atoms with Crippen LogP contribution in [-0.2, 0) is 6.42 Å². The molecule has 2 N–H and O–H groups in total. The van der Waals surface area contributed by atoms with Crippen molar-refractivity contribution in [3.8, 4) is 33.4 Å². The zero-order chi connectivity index (χ0) is 37.4. The molecule has 0 spiro atoms. The second kappa shape index (κ2) is 19.4. The van der Waals surface area contributed by atoms with Crippen LogP contribution >= 0.6 is 0 Å². The number of benzene rings is 6. The summed E-state index contributed by atoms with van der Waals surface area (Å²) in [5.74, 6) is 0. The molecule has 0 aromatic heterocycles. The quantitative estimate of drug-likeness (QED) is 0.135. The van der Waals surface area contributed by atoms with Gasteiger partial charge in [-0.2, -0.15) is 0 Å². The van der Waals surface area contributed by atoms with Crippen LogP contribution in [0, 0.1) is 13.8 Å². The standard InChI is InChI=1S/C44H42.C8H9N/c1-5-6-7-8-9-11-21-38-30-43(32-44(35(38)4)42-25-14-17-33(2)28-42)41-24-16-23-40(31-41)39-22-15-18-36(29-39)27-26-34(3)37-19-12-10-13-20-37;1-7(9)8-5-3-2-4-6-8/h5-8,10-26,28-32H,9,27H2,1-4H3;2-6H,1,9H2/b6-5-,8-7-,21-11+,34-26+;. The predicted octanol–water partition coefficient (Wildman–Crippen LogP) is 14.1. The summed E-state index contributed by atoms with van der Waals surface area (Å²) < 4.78 is 0. The molecule has 0 heterocycles. The molecule has 0 aliphatic carbocycles. The number of rotatable bonds is 11. The second-order valence-corrected chi connectivity index (χ2v) is 13.3. The maximum atomic E-state index is 5.42. The van der Waals surface area contributed by atoms with Gasteiger partial charge in [-0.1, -0.05) is 182 Å². The second-order valence-electron chi connectivity index (χ2n) is 13.3. The molecule has 0 unspecified atom stereocenters. The third-order valence-corrected chi connectivity index (χ3v) is 9.26. The largest absolute Gasteiger partial charge is 0.399 e. The van der Waals surface area contributed by atoms with Crippen molar-refractivity contribution < 1.29 is 0 Å². The lowest BCUT2D eigenvalue weighted by Gasteiger charge is -2.15. The first kappa shape index (κ1) is 38.1. The molecule has 0 aliphatic rings. The van der Waals surface area contributed by atoms with Crippen LogP contribution in [-0.4, -0.2) is 0 Å². The van der Waals surface area contributed by atoms with E-state index in [-0.39, 0.29) is 0 Å². The van der Waals surface area contributed by atoms with E-state index >= 15 is 0 Å². The maximum absolute atomic E-state index is 5.42. The molecule has 6 aromatic carbocycles. The first-order chi connectivity index (χ1) is 25.8. The van der Waals surface area contributed by atoms with Crippen LogP contribution in [0.5, 0.6) is 0 Å². The fourth-order valence-electron chi connectivity index (χ4n) is 6.23. The Hall–Kier alpha value is -6.18. The fourth-order valence-corrected chi connectivity index (χ4v) is 6.23. The molecule has 0 atom stereocenters. The van der Waals surface area contributed by atoms with Gasteiger partial charge >= 0.3 is 0 Å². The molecule has 1 nitrogen and oxygen atoms in total. The predicted molar refractivity (Wildman–Crippen MR) is 233 cm³/mol. The number of allylic oxidation sites excluding steroid dienone is 7. The van der Waals surface area contributed by atoms with E-state index < -0.39 is 0 Å². The zero-order valence-electron chi connectivity index (χ0n) is 31.6. The minimum atomic E-state index is 0.621. The molecule has 0 fully saturated rings. The topological polar surface area (TPSA) is 26.0 Å². The first-order valence-corrected chi connectivity index (χ1v) is 18.4. The summed E-state index contributed by atoms with van der Waals surface area (Å²) in [7, 11) is 0. The molecule has 0 bridgehead atoms. The van der Waals surface area contributed by atoms with Crippen LogP contribution in [0.15, 0.2) is 189 Å². The van der Waals surface area contributed by atoms with Gasteiger partial charge in [0.1, 0.15) is 0 Å². The molecule has 264 valence electrons. The summed E-state index contributed by atoms with van der Waals surface area (Å²) >= 11 is 0. The number of hydrogen-bond acceptors (Lipinski definition) is 1. The molecular formula is C52H51N. The lowest BCUT2D eigenvalue weighted by molar-refractivity contribution is 1.27. The molecule has 53 heavy (non-hydrogen) atoms. The van der Waals surface area contributed by atoms with Crippen molar-refractivity contribution in [2.24, 2.45) is 5.73 Å². The average molecular weight is 690 g/mol. The monoisotopic (exact) mass is 689 g/mol. The normalized spacial score (nSPS) is 11.6. The molecule has 0 radical (unpaired) electrons. The number of nitrogens with two attached hydrogens (primary N) is 1. The summed E-state index contributed by atoms with van der Waals surface area (Å²) in [5.41, 5.74) is 22.2. The Balaban J connectivity index is 0.000000526. The maximum Gasteiger partial charge on any atom is 0.0314 e. The third-order valence-electron chi connectivity index (χ3n) is 9.26. The van der Waals surface area contributed by atoms with Gasteiger partial charge in [-0.05, 0) is 126 Å². The molecule has 1 heteroatoms. The van der Waals surface area contributed by atoms with Crippen LogP contribution in [0.1, 0.15) is 53.6 Å². The van der Waals surface area contributed by atoms with Gasteiger partial charge in [0.2, 0.25) is 0 Å². The lowest BCUT2D eigenvalue weighted by Crippen LogP contribution is -1.92. The zero-order valence-corrected chi connectivity index (χ0v) is 31.6. The molecule has 0 saturated carbocycles. The highest BCUT2D eigenvalue weighted by atomic mass is 14.6. The van der Waals surface area contributed by atoms with Crippen LogP contribution in [0.2, 0.25) is 0 Å². The van der Waals surface area contributed by atoms with E-state index in [0.29, 0.717) is 5.70 Å². The van der Waals surface area contributed by atoms with Crippen LogP contribution < -0.4 is 5.73 Å². The highest BCUT2D eigenvalue weighted by Crippen LogP contribution is 2.35. The Kier molecular flexibility index (Phi) is 14.0. The van der Waals surface area contributed by atoms with Crippen molar-refractivity contribution in [2.75, 3.05) is 0 Å². The van der Waals surface area contributed by atoms with Crippen LogP contribution in [0.4, 0.5) is 0 Å². The Morgan fingerprint density at radius 2 is 1.23 bits per heavy atom. The van der Waals surface area contributed by atoms with E-state index in [4.69, 9.17) is 5.73 Å². The van der Waals surface area contributed by atoms with Gasteiger partial charge in [0.05, 0.1) is 0 Å². The summed E-state index contributed by atoms with van der Waals surface area (Å²) in [6.07, 6.45) is 17.1. The van der Waals surface area contributed by atoms with Gasteiger partial charge in [-0.15, -0.1) is 0 Å². The van der Waals surface area contributed by atoms with E-state index in [1.165, 1.54) is 66.8 Å². The minimum absolute atomic E-state index is 0.621. The molecule has 6 rings (SSSR count). The van der Waals surface area contributed by atoms with E-state index in [1.54, 1.807) is 0 Å². The smallest absolute Gasteiger partial charge is 0.0314 e. The summed E-state index contributed by atoms with van der Waals surface area (Å²) in [5, 5.41) is 0. The van der Waals surface area contributed by atoms with E-state index in [1.807, 2.05) is 37.3 Å². The molecule has 6 aromatic rings. The highest BCUT2D eigenvalue weighted by Gasteiger charge is 2.11. The first-order valence-electron chi connectivity index (χ1n) is 18.4. The number of hydrogen-bond donors (Lipinski definition) is 1. The van der Waals surface area contributed by atoms with E-state index in [0.717, 1.165) is 18.4 Å². The molecular weight excluding hydrogens is 639 g/mol. The van der Waals surface area contributed by atoms with Crippen molar-refractivity contribution in [1.82, 2.24) is 0 Å². The van der Waals surface area contributed by atoms with Gasteiger partial charge in [0, 0.05) is 5.70 Å². The summed E-state index contributed by atoms with van der Waals surface area (Å²) in [4.78, 5) is 0. The van der Waals surface area contributed by atoms with Crippen molar-refractivity contribution in [1.29, 1.82) is 0 Å². The van der Waals surface area contributed by atoms with Crippen molar-refractivity contribution in [3.63, 3.8) is 0 Å². The van der Waals surface area contributed by atoms with E-state index in [2.05, 4.69) is 185 Å². The lowest BCUT2D eigenvalue weighted by atomic mass is 9.89. The van der Waals surface area contributed by atoms with Crippen molar-refractivity contribution in [3.05, 3.63) is 222 Å². The third kappa shape index (κ3) is 11.2. The van der Waals surface area contributed by atoms with E-state index in [9.17, 15) is 0 Å². The number of aryl methyl sites for hydroxylation is 1. The Morgan fingerprint density at radius 3 is 1.89 bits per heavy atom. The fraction of sp³-hybridized carbons (Fsp3) is 0.115. The van der Waals surface area contributed by atoms with Crippen LogP contribution in [0.3, 0.4) is 0 Å². The minimum Gasteiger partial charge on any atom is -0.399 e. The van der Waals surface area contributed by atoms with Gasteiger partial charge in [-0.25, -0.2) is 0 Å². The SMILES string of the molecule is C/C=C\C=C/C/C=C/c1cc(-c2cccc(-c3cccc(C/C=C(\C)c4ccccc4)c3)c2)cc(-c2cccc(C)c2)c1C.C=C(N)c1ccccc1. The van der Waals surface area contributed by atoms with Crippen LogP contribution in [0.25, 0.3) is 50.7 Å². The molecule has 0 amide bonds. The Morgan fingerprint density at radius 1 is 0.604 bits per heavy atom. The van der Waals surface area contributed by atoms with Crippen molar-refractivity contribution in [2.45, 2.75) is 40.5 Å². The average Bonchev–Trinajstić information content (AvgIpc) is 3.20. The van der Waals surface area contributed by atoms with Crippen molar-refractivity contribution >= 4 is 17.3 Å². The Labute approximate surface area is 317 Å². The summed E-state index contributed by atoms with van der Waals surface area (Å²) in [6, 6.07) is 51.8. The Bertz CT molecular complexity index is 2230. The van der Waals surface area contributed by atoms with Gasteiger partial charge in [0.15, 0.2) is 0 Å². The van der Waals surface area contributed by atoms with Gasteiger partial charge in [-0.3, -0.25) is 0 Å². The van der Waals surface area contributed by atoms with Gasteiger partial charge in [0.25, 0.3) is 0 Å². The highest BCUT2D eigenvalue weighted by molar-refractivity contribution is 5.82. The van der Waals surface area contributed by atoms with Gasteiger partial charge < -0.3 is 5.73 Å². The summed E-state index contributed by atoms with van der Waals surface area (Å²) in [6.45, 7) is 12.2.